The molecule has 29 heavy (non-hydrogen) atoms. The zero-order valence-electron chi connectivity index (χ0n) is 14.9. The number of benzene rings is 2. The summed E-state index contributed by atoms with van der Waals surface area (Å²) in [4.78, 5) is 50.6. The van der Waals surface area contributed by atoms with E-state index < -0.39 is 11.7 Å². The molecule has 1 aliphatic carbocycles. The molecule has 1 aromatic heterocycles. The van der Waals surface area contributed by atoms with Crippen molar-refractivity contribution in [1.29, 1.82) is 0 Å². The molecule has 1 aliphatic rings. The van der Waals surface area contributed by atoms with Crippen LogP contribution < -0.4 is 5.32 Å². The van der Waals surface area contributed by atoms with E-state index in [0.717, 1.165) is 0 Å². The van der Waals surface area contributed by atoms with Crippen LogP contribution in [0.3, 0.4) is 0 Å². The molecule has 1 N–H and O–H groups in total. The molecule has 0 spiro atoms. The Bertz CT molecular complexity index is 1170. The first kappa shape index (κ1) is 18.8. The quantitative estimate of drug-likeness (QED) is 0.509. The van der Waals surface area contributed by atoms with Gasteiger partial charge in [0.25, 0.3) is 5.91 Å². The molecular formula is C21H13ClN2O5. The summed E-state index contributed by atoms with van der Waals surface area (Å²) < 4.78 is 4.86. The van der Waals surface area contributed by atoms with Crippen molar-refractivity contribution >= 4 is 40.5 Å². The molecule has 0 atom stereocenters. The monoisotopic (exact) mass is 408 g/mol. The van der Waals surface area contributed by atoms with Crippen molar-refractivity contribution in [3.63, 3.8) is 0 Å². The van der Waals surface area contributed by atoms with Crippen LogP contribution in [0.2, 0.25) is 0 Å². The summed E-state index contributed by atoms with van der Waals surface area (Å²) in [7, 11) is 0. The maximum absolute atomic E-state index is 13.2. The molecule has 8 heteroatoms. The van der Waals surface area contributed by atoms with Gasteiger partial charge in [0, 0.05) is 29.2 Å². The van der Waals surface area contributed by atoms with Crippen LogP contribution in [0.25, 0.3) is 0 Å². The summed E-state index contributed by atoms with van der Waals surface area (Å²) in [5.74, 6) is -2.00. The number of hydrogen-bond donors (Lipinski definition) is 1. The van der Waals surface area contributed by atoms with Crippen LogP contribution in [0.4, 0.5) is 5.69 Å². The van der Waals surface area contributed by atoms with Crippen LogP contribution in [0.1, 0.15) is 48.0 Å². The molecule has 0 radical (unpaired) electrons. The fourth-order valence-electron chi connectivity index (χ4n) is 3.29. The summed E-state index contributed by atoms with van der Waals surface area (Å²) in [5, 5.41) is 6.10. The highest BCUT2D eigenvalue weighted by Crippen LogP contribution is 2.35. The third kappa shape index (κ3) is 3.25. The smallest absolute Gasteiger partial charge is 0.294 e. The summed E-state index contributed by atoms with van der Waals surface area (Å²) in [6, 6.07) is 10.9. The van der Waals surface area contributed by atoms with Crippen molar-refractivity contribution in [3.8, 4) is 0 Å². The molecule has 7 nitrogen and oxygen atoms in total. The third-order valence-electron chi connectivity index (χ3n) is 4.62. The van der Waals surface area contributed by atoms with Gasteiger partial charge in [-0.3, -0.25) is 19.2 Å². The number of aromatic nitrogens is 1. The van der Waals surface area contributed by atoms with E-state index >= 15 is 0 Å². The summed E-state index contributed by atoms with van der Waals surface area (Å²) >= 11 is 5.62. The molecule has 4 rings (SSSR count). The van der Waals surface area contributed by atoms with Gasteiger partial charge in [0.15, 0.2) is 17.3 Å². The molecule has 0 bridgehead atoms. The molecule has 3 aromatic rings. The molecule has 0 unspecified atom stereocenters. The Morgan fingerprint density at radius 2 is 1.69 bits per heavy atom. The van der Waals surface area contributed by atoms with E-state index in [1.807, 2.05) is 0 Å². The van der Waals surface area contributed by atoms with Gasteiger partial charge in [0.2, 0.25) is 5.76 Å². The standard InChI is InChI=1S/C21H13ClN2O5/c22-10-12(25)9-11-5-6-15-17(18(11)24-21(28)16-7-8-23-29-16)20(27)14-4-2-1-3-13(14)19(15)26/h1-8H,9-10H2,(H,24,28). The van der Waals surface area contributed by atoms with E-state index in [1.54, 1.807) is 30.3 Å². The molecular weight excluding hydrogens is 396 g/mol. The highest BCUT2D eigenvalue weighted by Gasteiger charge is 2.33. The van der Waals surface area contributed by atoms with Crippen LogP contribution in [-0.4, -0.2) is 34.3 Å². The van der Waals surface area contributed by atoms with Crippen LogP contribution >= 0.6 is 11.6 Å². The third-order valence-corrected chi connectivity index (χ3v) is 4.91. The summed E-state index contributed by atoms with van der Waals surface area (Å²) in [6.07, 6.45) is 1.20. The highest BCUT2D eigenvalue weighted by atomic mass is 35.5. The number of halogens is 1. The van der Waals surface area contributed by atoms with Crippen molar-refractivity contribution in [2.45, 2.75) is 6.42 Å². The van der Waals surface area contributed by atoms with Gasteiger partial charge in [-0.15, -0.1) is 11.6 Å². The zero-order valence-corrected chi connectivity index (χ0v) is 15.7. The number of ketones is 3. The number of rotatable bonds is 5. The van der Waals surface area contributed by atoms with Gasteiger partial charge in [-0.25, -0.2) is 0 Å². The van der Waals surface area contributed by atoms with E-state index in [2.05, 4.69) is 10.5 Å². The predicted molar refractivity (Wildman–Crippen MR) is 104 cm³/mol. The Morgan fingerprint density at radius 1 is 0.966 bits per heavy atom. The number of anilines is 1. The number of nitrogens with one attached hydrogen (secondary N) is 1. The highest BCUT2D eigenvalue weighted by molar-refractivity contribution is 6.31. The topological polar surface area (TPSA) is 106 Å². The Kier molecular flexibility index (Phi) is 4.82. The molecule has 0 fully saturated rings. The number of carbonyl (C=O) groups is 4. The predicted octanol–water partition coefficient (Wildman–Crippen LogP) is 3.05. The van der Waals surface area contributed by atoms with Crippen molar-refractivity contribution in [3.05, 3.63) is 82.2 Å². The molecule has 1 heterocycles. The minimum atomic E-state index is -0.658. The van der Waals surface area contributed by atoms with Crippen molar-refractivity contribution < 1.29 is 23.7 Å². The number of amides is 1. The zero-order chi connectivity index (χ0) is 20.5. The first-order valence-electron chi connectivity index (χ1n) is 8.65. The summed E-state index contributed by atoms with van der Waals surface area (Å²) in [6.45, 7) is 0. The van der Waals surface area contributed by atoms with Gasteiger partial charge in [-0.05, 0) is 11.6 Å². The fraction of sp³-hybridized carbons (Fsp3) is 0.0952. The Morgan fingerprint density at radius 3 is 2.34 bits per heavy atom. The first-order valence-corrected chi connectivity index (χ1v) is 9.18. The number of hydrogen-bond acceptors (Lipinski definition) is 6. The molecule has 0 saturated carbocycles. The van der Waals surface area contributed by atoms with Crippen LogP contribution in [0, 0.1) is 0 Å². The average molecular weight is 409 g/mol. The second kappa shape index (κ2) is 7.44. The summed E-state index contributed by atoms with van der Waals surface area (Å²) in [5.41, 5.74) is 1.20. The largest absolute Gasteiger partial charge is 0.351 e. The van der Waals surface area contributed by atoms with Gasteiger partial charge in [0.1, 0.15) is 0 Å². The second-order valence-electron chi connectivity index (χ2n) is 6.41. The van der Waals surface area contributed by atoms with Crippen LogP contribution in [0.15, 0.2) is 53.2 Å². The van der Waals surface area contributed by atoms with E-state index in [-0.39, 0.29) is 52.0 Å². The lowest BCUT2D eigenvalue weighted by Gasteiger charge is -2.22. The van der Waals surface area contributed by atoms with E-state index in [0.29, 0.717) is 11.1 Å². The Balaban J connectivity index is 1.88. The number of carbonyl (C=O) groups excluding carboxylic acids is 4. The second-order valence-corrected chi connectivity index (χ2v) is 6.67. The van der Waals surface area contributed by atoms with Crippen molar-refractivity contribution in [2.75, 3.05) is 11.2 Å². The number of Topliss-reactive ketones (excluding diaryl/α,β-unsaturated/α-hetero) is 1. The number of nitrogens with zero attached hydrogens (tertiary/aromatic N) is 1. The van der Waals surface area contributed by atoms with Gasteiger partial charge in [-0.2, -0.15) is 0 Å². The molecule has 0 saturated heterocycles. The van der Waals surface area contributed by atoms with Crippen LogP contribution in [0.5, 0.6) is 0 Å². The molecule has 144 valence electrons. The van der Waals surface area contributed by atoms with E-state index in [9.17, 15) is 19.2 Å². The van der Waals surface area contributed by atoms with Gasteiger partial charge in [0.05, 0.1) is 23.3 Å². The Hall–Kier alpha value is -3.58. The van der Waals surface area contributed by atoms with Gasteiger partial charge >= 0.3 is 0 Å². The van der Waals surface area contributed by atoms with Crippen molar-refractivity contribution in [2.24, 2.45) is 0 Å². The van der Waals surface area contributed by atoms with E-state index in [1.165, 1.54) is 18.3 Å². The van der Waals surface area contributed by atoms with Gasteiger partial charge in [-0.1, -0.05) is 35.5 Å². The average Bonchev–Trinajstić information content (AvgIpc) is 3.28. The number of fused-ring (bicyclic) bond motifs is 2. The minimum absolute atomic E-state index is 0.0430. The van der Waals surface area contributed by atoms with Gasteiger partial charge < -0.3 is 9.84 Å². The lowest BCUT2D eigenvalue weighted by atomic mass is 9.81. The number of alkyl halides is 1. The maximum atomic E-state index is 13.2. The van der Waals surface area contributed by atoms with E-state index in [4.69, 9.17) is 16.1 Å². The van der Waals surface area contributed by atoms with Crippen LogP contribution in [-0.2, 0) is 11.2 Å². The Labute approximate surface area is 169 Å². The fourth-order valence-corrected chi connectivity index (χ4v) is 3.38. The maximum Gasteiger partial charge on any atom is 0.294 e. The minimum Gasteiger partial charge on any atom is -0.351 e. The lowest BCUT2D eigenvalue weighted by Crippen LogP contribution is -2.25. The first-order chi connectivity index (χ1) is 14.0. The normalized spacial score (nSPS) is 12.3. The lowest BCUT2D eigenvalue weighted by molar-refractivity contribution is -0.116. The molecule has 1 amide bonds. The molecule has 2 aromatic carbocycles. The SMILES string of the molecule is O=C(CCl)Cc1ccc2c(c1NC(=O)c1ccno1)C(=O)c1ccccc1C2=O. The molecule has 0 aliphatic heterocycles. The van der Waals surface area contributed by atoms with Crippen molar-refractivity contribution in [1.82, 2.24) is 5.16 Å².